The molecule has 90 valence electrons. The van der Waals surface area contributed by atoms with E-state index in [0.29, 0.717) is 5.92 Å². The lowest BCUT2D eigenvalue weighted by Crippen LogP contribution is -2.21. The van der Waals surface area contributed by atoms with Gasteiger partial charge in [0, 0.05) is 23.4 Å². The van der Waals surface area contributed by atoms with E-state index in [1.165, 1.54) is 0 Å². The number of nitriles is 1. The molecule has 1 unspecified atom stereocenters. The molecule has 2 aromatic heterocycles. The first-order valence-electron chi connectivity index (χ1n) is 6.49. The quantitative estimate of drug-likeness (QED) is 0.717. The minimum absolute atomic E-state index is 0.201. The Balaban J connectivity index is 1.96. The second kappa shape index (κ2) is 4.45. The Hall–Kier alpha value is -1.83. The maximum atomic E-state index is 9.06. The molecule has 1 aliphatic heterocycles. The van der Waals surface area contributed by atoms with Gasteiger partial charge in [-0.25, -0.2) is 14.8 Å². The number of rotatable bonds is 1. The maximum Gasteiger partial charge on any atom is 0.268 e. The van der Waals surface area contributed by atoms with Crippen LogP contribution in [0, 0.1) is 18.2 Å². The molecule has 5 heteroatoms. The second-order valence-corrected chi connectivity index (χ2v) is 5.11. The minimum Gasteiger partial charge on any atom is -0.233 e. The van der Waals surface area contributed by atoms with Crippen molar-refractivity contribution in [2.75, 3.05) is 0 Å². The molecule has 1 aliphatic rings. The van der Waals surface area contributed by atoms with Gasteiger partial charge in [-0.05, 0) is 25.3 Å². The lowest BCUT2D eigenvalue weighted by Gasteiger charge is -2.23. The molecule has 18 heavy (non-hydrogen) atoms. The Morgan fingerprint density at radius 2 is 2.44 bits per heavy atom. The van der Waals surface area contributed by atoms with Gasteiger partial charge in [0.05, 0.1) is 6.20 Å². The van der Waals surface area contributed by atoms with Crippen molar-refractivity contribution in [2.24, 2.45) is 0 Å². The number of aryl methyl sites for hydroxylation is 1. The SMILES string of the molecule is Cc1cc(C2CCCB(C#N)C2)nc2ccnn12. The smallest absolute Gasteiger partial charge is 0.233 e. The lowest BCUT2D eigenvalue weighted by atomic mass is 9.41. The first kappa shape index (κ1) is 11.3. The van der Waals surface area contributed by atoms with Crippen LogP contribution in [0.25, 0.3) is 5.65 Å². The number of nitrogens with zero attached hydrogens (tertiary/aromatic N) is 4. The van der Waals surface area contributed by atoms with Crippen molar-refractivity contribution < 1.29 is 0 Å². The number of hydrogen-bond acceptors (Lipinski definition) is 3. The molecule has 1 saturated heterocycles. The minimum atomic E-state index is 0.201. The van der Waals surface area contributed by atoms with Crippen LogP contribution in [-0.2, 0) is 0 Å². The van der Waals surface area contributed by atoms with E-state index in [-0.39, 0.29) is 6.71 Å². The molecular formula is C13H15BN4. The summed E-state index contributed by atoms with van der Waals surface area (Å²) in [6.07, 6.45) is 6.05. The Bertz CT molecular complexity index is 613. The van der Waals surface area contributed by atoms with Gasteiger partial charge in [-0.15, -0.1) is 0 Å². The summed E-state index contributed by atoms with van der Waals surface area (Å²) < 4.78 is 1.86. The third kappa shape index (κ3) is 1.88. The first-order chi connectivity index (χ1) is 8.78. The van der Waals surface area contributed by atoms with Crippen molar-refractivity contribution in [3.05, 3.63) is 29.7 Å². The number of hydrogen-bond donors (Lipinski definition) is 0. The van der Waals surface area contributed by atoms with Crippen molar-refractivity contribution in [1.82, 2.24) is 14.6 Å². The normalized spacial score (nSPS) is 20.0. The van der Waals surface area contributed by atoms with E-state index in [1.807, 2.05) is 10.6 Å². The molecule has 0 spiro atoms. The van der Waals surface area contributed by atoms with E-state index < -0.39 is 0 Å². The predicted octanol–water partition coefficient (Wildman–Crippen LogP) is 2.47. The Morgan fingerprint density at radius 1 is 1.56 bits per heavy atom. The van der Waals surface area contributed by atoms with Crippen molar-refractivity contribution in [3.63, 3.8) is 0 Å². The van der Waals surface area contributed by atoms with Gasteiger partial charge in [0.25, 0.3) is 6.71 Å². The topological polar surface area (TPSA) is 54.0 Å². The van der Waals surface area contributed by atoms with E-state index >= 15 is 0 Å². The van der Waals surface area contributed by atoms with Crippen LogP contribution in [-0.4, -0.2) is 21.3 Å². The molecule has 0 radical (unpaired) electrons. The second-order valence-electron chi connectivity index (χ2n) is 5.11. The average Bonchev–Trinajstić information content (AvgIpc) is 2.87. The van der Waals surface area contributed by atoms with Gasteiger partial charge in [0.2, 0.25) is 0 Å². The Kier molecular flexibility index (Phi) is 2.79. The van der Waals surface area contributed by atoms with Gasteiger partial charge in [0.1, 0.15) is 0 Å². The van der Waals surface area contributed by atoms with Crippen LogP contribution >= 0.6 is 0 Å². The van der Waals surface area contributed by atoms with E-state index in [0.717, 1.165) is 42.5 Å². The zero-order chi connectivity index (χ0) is 12.5. The molecule has 2 aromatic rings. The summed E-state index contributed by atoms with van der Waals surface area (Å²) in [7, 11) is 0. The molecule has 0 N–H and O–H groups in total. The molecule has 3 heterocycles. The summed E-state index contributed by atoms with van der Waals surface area (Å²) in [5.74, 6) is 2.84. The first-order valence-corrected chi connectivity index (χ1v) is 6.49. The van der Waals surface area contributed by atoms with Gasteiger partial charge in [-0.3, -0.25) is 0 Å². The standard InChI is InChI=1S/C13H15BN4/c1-10-7-12(17-13-4-6-16-18(10)13)11-3-2-5-14(8-11)9-15/h4,6-7,11H,2-3,5,8H2,1H3. The summed E-state index contributed by atoms with van der Waals surface area (Å²) in [5.41, 5.74) is 3.14. The van der Waals surface area contributed by atoms with Crippen molar-refractivity contribution in [2.45, 2.75) is 38.3 Å². The number of aromatic nitrogens is 3. The van der Waals surface area contributed by atoms with Gasteiger partial charge in [-0.2, -0.15) is 5.10 Å². The summed E-state index contributed by atoms with van der Waals surface area (Å²) in [6.45, 7) is 2.25. The van der Waals surface area contributed by atoms with Crippen LogP contribution in [0.2, 0.25) is 12.6 Å². The molecule has 0 aromatic carbocycles. The van der Waals surface area contributed by atoms with Crippen molar-refractivity contribution in [1.29, 1.82) is 5.26 Å². The van der Waals surface area contributed by atoms with Gasteiger partial charge < -0.3 is 0 Å². The Morgan fingerprint density at radius 3 is 3.28 bits per heavy atom. The van der Waals surface area contributed by atoms with Crippen LogP contribution < -0.4 is 0 Å². The molecule has 4 nitrogen and oxygen atoms in total. The molecule has 0 bridgehead atoms. The summed E-state index contributed by atoms with van der Waals surface area (Å²) in [5, 5.41) is 13.3. The highest BCUT2D eigenvalue weighted by Gasteiger charge is 2.27. The summed E-state index contributed by atoms with van der Waals surface area (Å²) >= 11 is 0. The lowest BCUT2D eigenvalue weighted by molar-refractivity contribution is 0.612. The summed E-state index contributed by atoms with van der Waals surface area (Å²) in [6, 6.07) is 4.05. The molecule has 1 atom stereocenters. The number of fused-ring (bicyclic) bond motifs is 1. The van der Waals surface area contributed by atoms with E-state index in [4.69, 9.17) is 5.26 Å². The van der Waals surface area contributed by atoms with Crippen LogP contribution in [0.1, 0.15) is 30.1 Å². The van der Waals surface area contributed by atoms with Crippen LogP contribution in [0.4, 0.5) is 0 Å². The maximum absolute atomic E-state index is 9.06. The van der Waals surface area contributed by atoms with Gasteiger partial charge in [-0.1, -0.05) is 19.1 Å². The van der Waals surface area contributed by atoms with Crippen LogP contribution in [0.15, 0.2) is 18.3 Å². The molecular weight excluding hydrogens is 223 g/mol. The largest absolute Gasteiger partial charge is 0.268 e. The average molecular weight is 238 g/mol. The molecule has 1 fully saturated rings. The molecule has 0 amide bonds. The van der Waals surface area contributed by atoms with Crippen molar-refractivity contribution >= 4 is 12.4 Å². The molecule has 3 rings (SSSR count). The fourth-order valence-electron chi connectivity index (χ4n) is 2.88. The highest BCUT2D eigenvalue weighted by molar-refractivity contribution is 6.67. The molecule has 0 saturated carbocycles. The summed E-state index contributed by atoms with van der Waals surface area (Å²) in [4.78, 5) is 4.68. The fourth-order valence-corrected chi connectivity index (χ4v) is 2.88. The zero-order valence-electron chi connectivity index (χ0n) is 10.5. The van der Waals surface area contributed by atoms with E-state index in [1.54, 1.807) is 6.20 Å². The highest BCUT2D eigenvalue weighted by Crippen LogP contribution is 2.33. The van der Waals surface area contributed by atoms with Crippen molar-refractivity contribution in [3.8, 4) is 5.97 Å². The zero-order valence-corrected chi connectivity index (χ0v) is 10.5. The predicted molar refractivity (Wildman–Crippen MR) is 70.7 cm³/mol. The van der Waals surface area contributed by atoms with Gasteiger partial charge >= 0.3 is 0 Å². The third-order valence-electron chi connectivity index (χ3n) is 3.83. The van der Waals surface area contributed by atoms with E-state index in [2.05, 4.69) is 29.0 Å². The molecule has 0 aliphatic carbocycles. The van der Waals surface area contributed by atoms with Crippen LogP contribution in [0.3, 0.4) is 0 Å². The third-order valence-corrected chi connectivity index (χ3v) is 3.83. The monoisotopic (exact) mass is 238 g/mol. The fraction of sp³-hybridized carbons (Fsp3) is 0.462. The Labute approximate surface area is 107 Å². The van der Waals surface area contributed by atoms with Crippen LogP contribution in [0.5, 0.6) is 0 Å². The highest BCUT2D eigenvalue weighted by atomic mass is 15.2. The van der Waals surface area contributed by atoms with E-state index in [9.17, 15) is 0 Å². The van der Waals surface area contributed by atoms with Gasteiger partial charge in [0.15, 0.2) is 5.65 Å².